The number of aromatic nitrogens is 3. The van der Waals surface area contributed by atoms with Gasteiger partial charge in [-0.3, -0.25) is 5.01 Å². The summed E-state index contributed by atoms with van der Waals surface area (Å²) in [6.45, 7) is 0.567. The Morgan fingerprint density at radius 2 is 1.71 bits per heavy atom. The van der Waals surface area contributed by atoms with Gasteiger partial charge in [0.05, 0.1) is 23.9 Å². The molecule has 0 fully saturated rings. The van der Waals surface area contributed by atoms with Crippen molar-refractivity contribution in [3.63, 3.8) is 0 Å². The highest BCUT2D eigenvalue weighted by Gasteiger charge is 2.10. The Balaban J connectivity index is 1.68. The van der Waals surface area contributed by atoms with Crippen molar-refractivity contribution in [3.05, 3.63) is 72.3 Å². The van der Waals surface area contributed by atoms with Gasteiger partial charge in [0.25, 0.3) is 12.3 Å². The lowest BCUT2D eigenvalue weighted by Gasteiger charge is -2.25. The van der Waals surface area contributed by atoms with Gasteiger partial charge in [-0.15, -0.1) is 19.5 Å². The standard InChI is InChI=1S/C18H18N6O3S/c1-22(2)26-27-28-25-18-9-5-16(6-10-18)12-24(23-13-20-21-14-23)17-7-3-15(11-19)4-8-17/h3-10,13-14H,12H2,1-2H3. The summed E-state index contributed by atoms with van der Waals surface area (Å²) in [5.74, 6) is 0.630. The van der Waals surface area contributed by atoms with Crippen LogP contribution in [0, 0.1) is 11.3 Å². The van der Waals surface area contributed by atoms with Crippen LogP contribution in [0.2, 0.25) is 0 Å². The van der Waals surface area contributed by atoms with Crippen molar-refractivity contribution in [1.29, 1.82) is 5.26 Å². The van der Waals surface area contributed by atoms with E-state index in [0.717, 1.165) is 23.6 Å². The molecule has 9 nitrogen and oxygen atoms in total. The Labute approximate surface area is 166 Å². The summed E-state index contributed by atoms with van der Waals surface area (Å²) >= 11 is 0.731. The first-order valence-corrected chi connectivity index (χ1v) is 8.89. The largest absolute Gasteiger partial charge is 0.399 e. The fourth-order valence-corrected chi connectivity index (χ4v) is 2.65. The SMILES string of the molecule is CN(C)OOSOc1ccc(CN(c2ccc(C#N)cc2)n2cnnc2)cc1. The van der Waals surface area contributed by atoms with Gasteiger partial charge in [0.15, 0.2) is 0 Å². The van der Waals surface area contributed by atoms with E-state index in [9.17, 15) is 0 Å². The smallest absolute Gasteiger partial charge is 0.260 e. The van der Waals surface area contributed by atoms with Crippen LogP contribution in [0.1, 0.15) is 11.1 Å². The summed E-state index contributed by atoms with van der Waals surface area (Å²) in [4.78, 5) is 4.78. The molecule has 0 aliphatic rings. The van der Waals surface area contributed by atoms with E-state index in [-0.39, 0.29) is 0 Å². The van der Waals surface area contributed by atoms with E-state index in [0.29, 0.717) is 17.9 Å². The number of hydrogen-bond acceptors (Lipinski definition) is 9. The van der Waals surface area contributed by atoms with Crippen molar-refractivity contribution >= 4 is 18.0 Å². The third-order valence-electron chi connectivity index (χ3n) is 3.57. The van der Waals surface area contributed by atoms with Gasteiger partial charge >= 0.3 is 0 Å². The van der Waals surface area contributed by atoms with E-state index in [2.05, 4.69) is 16.3 Å². The molecule has 3 aromatic rings. The molecule has 0 saturated carbocycles. The number of hydrogen-bond donors (Lipinski definition) is 0. The average molecular weight is 398 g/mol. The molecule has 0 atom stereocenters. The molecule has 1 aromatic heterocycles. The molecule has 3 rings (SSSR count). The molecule has 0 amide bonds. The highest BCUT2D eigenvalue weighted by Crippen LogP contribution is 2.22. The lowest BCUT2D eigenvalue weighted by Crippen LogP contribution is -2.27. The Bertz CT molecular complexity index is 895. The minimum Gasteiger partial charge on any atom is -0.399 e. The predicted molar refractivity (Wildman–Crippen MR) is 103 cm³/mol. The minimum atomic E-state index is 0.567. The number of hydroxylamine groups is 2. The first-order chi connectivity index (χ1) is 13.7. The second kappa shape index (κ2) is 9.72. The van der Waals surface area contributed by atoms with Crippen molar-refractivity contribution in [2.75, 3.05) is 19.1 Å². The number of nitriles is 1. The fourth-order valence-electron chi connectivity index (χ4n) is 2.28. The summed E-state index contributed by atoms with van der Waals surface area (Å²) in [5.41, 5.74) is 2.55. The third kappa shape index (κ3) is 5.45. The van der Waals surface area contributed by atoms with Crippen LogP contribution in [0.25, 0.3) is 0 Å². The molecule has 0 aliphatic carbocycles. The molecule has 0 spiro atoms. The summed E-state index contributed by atoms with van der Waals surface area (Å²) in [6, 6.07) is 17.0. The quantitative estimate of drug-likeness (QED) is 0.233. The molecule has 1 heterocycles. The van der Waals surface area contributed by atoms with Crippen LogP contribution in [0.5, 0.6) is 5.75 Å². The van der Waals surface area contributed by atoms with Gasteiger partial charge in [-0.1, -0.05) is 12.1 Å². The van der Waals surface area contributed by atoms with Gasteiger partial charge in [-0.05, 0) is 42.0 Å². The molecule has 0 aliphatic heterocycles. The summed E-state index contributed by atoms with van der Waals surface area (Å²) in [5, 5.41) is 20.1. The van der Waals surface area contributed by atoms with Gasteiger partial charge in [0.2, 0.25) is 0 Å². The molecule has 28 heavy (non-hydrogen) atoms. The fraction of sp³-hybridized carbons (Fsp3) is 0.167. The van der Waals surface area contributed by atoms with Crippen molar-refractivity contribution < 1.29 is 13.5 Å². The average Bonchev–Trinajstić information content (AvgIpc) is 3.25. The lowest BCUT2D eigenvalue weighted by molar-refractivity contribution is -0.342. The van der Waals surface area contributed by atoms with Crippen LogP contribution in [0.3, 0.4) is 0 Å². The number of anilines is 1. The molecule has 0 bridgehead atoms. The second-order valence-electron chi connectivity index (χ2n) is 5.81. The number of nitrogens with zero attached hydrogens (tertiary/aromatic N) is 6. The Morgan fingerprint density at radius 1 is 1.04 bits per heavy atom. The molecule has 0 saturated heterocycles. The van der Waals surface area contributed by atoms with Crippen LogP contribution < -0.4 is 9.19 Å². The third-order valence-corrected chi connectivity index (χ3v) is 3.95. The molecule has 144 valence electrons. The van der Waals surface area contributed by atoms with Crippen LogP contribution in [0.15, 0.2) is 61.2 Å². The molecule has 0 radical (unpaired) electrons. The summed E-state index contributed by atoms with van der Waals surface area (Å²) in [7, 11) is 3.40. The van der Waals surface area contributed by atoms with Crippen LogP contribution in [0.4, 0.5) is 5.69 Å². The highest BCUT2D eigenvalue weighted by molar-refractivity contribution is 7.90. The Hall–Kier alpha value is -3.10. The van der Waals surface area contributed by atoms with E-state index >= 15 is 0 Å². The molecule has 10 heteroatoms. The first-order valence-electron chi connectivity index (χ1n) is 8.22. The zero-order valence-corrected chi connectivity index (χ0v) is 16.1. The van der Waals surface area contributed by atoms with Gasteiger partial charge < -0.3 is 4.18 Å². The van der Waals surface area contributed by atoms with Crippen molar-refractivity contribution in [3.8, 4) is 11.8 Å². The topological polar surface area (TPSA) is 88.7 Å². The van der Waals surface area contributed by atoms with Crippen molar-refractivity contribution in [2.45, 2.75) is 6.54 Å². The van der Waals surface area contributed by atoms with E-state index in [1.54, 1.807) is 43.6 Å². The maximum atomic E-state index is 9.00. The first kappa shape index (κ1) is 19.7. The van der Waals surface area contributed by atoms with E-state index in [1.165, 1.54) is 5.06 Å². The van der Waals surface area contributed by atoms with Crippen LogP contribution in [-0.4, -0.2) is 34.0 Å². The van der Waals surface area contributed by atoms with E-state index in [1.807, 2.05) is 41.4 Å². The van der Waals surface area contributed by atoms with Gasteiger partial charge in [-0.25, -0.2) is 4.68 Å². The van der Waals surface area contributed by atoms with Crippen molar-refractivity contribution in [2.24, 2.45) is 0 Å². The molecular weight excluding hydrogens is 380 g/mol. The molecular formula is C18H18N6O3S. The maximum absolute atomic E-state index is 9.00. The number of rotatable bonds is 9. The number of benzene rings is 2. The lowest BCUT2D eigenvalue weighted by atomic mass is 10.2. The molecule has 0 N–H and O–H groups in total. The minimum absolute atomic E-state index is 0.567. The summed E-state index contributed by atoms with van der Waals surface area (Å²) in [6.07, 6.45) is 3.24. The normalized spacial score (nSPS) is 10.6. The van der Waals surface area contributed by atoms with Crippen LogP contribution >= 0.6 is 12.3 Å². The second-order valence-corrected chi connectivity index (χ2v) is 6.25. The van der Waals surface area contributed by atoms with E-state index < -0.39 is 0 Å². The Morgan fingerprint density at radius 3 is 2.32 bits per heavy atom. The van der Waals surface area contributed by atoms with Crippen molar-refractivity contribution in [1.82, 2.24) is 19.9 Å². The van der Waals surface area contributed by atoms with E-state index in [4.69, 9.17) is 18.8 Å². The van der Waals surface area contributed by atoms with Gasteiger partial charge in [-0.2, -0.15) is 10.3 Å². The monoisotopic (exact) mass is 398 g/mol. The maximum Gasteiger partial charge on any atom is 0.260 e. The zero-order valence-electron chi connectivity index (χ0n) is 15.3. The molecule has 0 unspecified atom stereocenters. The van der Waals surface area contributed by atoms with Gasteiger partial charge in [0.1, 0.15) is 18.4 Å². The van der Waals surface area contributed by atoms with Crippen LogP contribution in [-0.2, 0) is 15.9 Å². The molecule has 2 aromatic carbocycles. The highest BCUT2D eigenvalue weighted by atomic mass is 32.2. The summed E-state index contributed by atoms with van der Waals surface area (Å²) < 4.78 is 11.9. The predicted octanol–water partition coefficient (Wildman–Crippen LogP) is 2.99. The van der Waals surface area contributed by atoms with Gasteiger partial charge in [0, 0.05) is 14.1 Å². The zero-order chi connectivity index (χ0) is 19.8. The Kier molecular flexibility index (Phi) is 6.83.